The van der Waals surface area contributed by atoms with Gasteiger partial charge in [-0.3, -0.25) is 4.68 Å². The van der Waals surface area contributed by atoms with E-state index in [0.717, 1.165) is 22.2 Å². The monoisotopic (exact) mass is 293 g/mol. The molecular weight excluding hydrogens is 270 g/mol. The van der Waals surface area contributed by atoms with Gasteiger partial charge in [-0.2, -0.15) is 5.10 Å². The van der Waals surface area contributed by atoms with Gasteiger partial charge in [-0.25, -0.2) is 0 Å². The van der Waals surface area contributed by atoms with Crippen LogP contribution in [0.4, 0.5) is 0 Å². The average molecular weight is 293 g/mol. The SMILES string of the molecule is Cc1nn(C)c2ccc([C@@H](C)N[S@+]([O-])C(C)(C)C)cc12. The van der Waals surface area contributed by atoms with Crippen LogP contribution in [0.25, 0.3) is 10.9 Å². The zero-order valence-corrected chi connectivity index (χ0v) is 13.8. The lowest BCUT2D eigenvalue weighted by molar-refractivity contribution is 0.531. The predicted octanol–water partition coefficient (Wildman–Crippen LogP) is 2.99. The minimum Gasteiger partial charge on any atom is -0.598 e. The molecule has 0 saturated heterocycles. The molecule has 0 aliphatic heterocycles. The zero-order chi connectivity index (χ0) is 15.1. The van der Waals surface area contributed by atoms with Crippen LogP contribution < -0.4 is 4.72 Å². The van der Waals surface area contributed by atoms with Gasteiger partial charge in [0, 0.05) is 23.8 Å². The molecule has 0 fully saturated rings. The first kappa shape index (κ1) is 15.4. The molecule has 5 heteroatoms. The summed E-state index contributed by atoms with van der Waals surface area (Å²) in [5, 5.41) is 5.58. The fourth-order valence-corrected chi connectivity index (χ4v) is 2.94. The molecule has 0 aliphatic rings. The minimum absolute atomic E-state index is 0.0408. The van der Waals surface area contributed by atoms with Crippen LogP contribution in [0, 0.1) is 6.92 Å². The molecule has 1 N–H and O–H groups in total. The maximum Gasteiger partial charge on any atom is 0.136 e. The number of nitrogens with zero attached hydrogens (tertiary/aromatic N) is 2. The van der Waals surface area contributed by atoms with Gasteiger partial charge >= 0.3 is 0 Å². The van der Waals surface area contributed by atoms with E-state index in [1.807, 2.05) is 46.3 Å². The zero-order valence-electron chi connectivity index (χ0n) is 13.0. The van der Waals surface area contributed by atoms with E-state index >= 15 is 0 Å². The van der Waals surface area contributed by atoms with E-state index in [2.05, 4.69) is 28.0 Å². The molecule has 0 spiro atoms. The van der Waals surface area contributed by atoms with Gasteiger partial charge in [0.2, 0.25) is 0 Å². The van der Waals surface area contributed by atoms with Crippen LogP contribution in [0.3, 0.4) is 0 Å². The molecule has 0 radical (unpaired) electrons. The number of hydrogen-bond donors (Lipinski definition) is 1. The highest BCUT2D eigenvalue weighted by Crippen LogP contribution is 2.24. The van der Waals surface area contributed by atoms with Crippen LogP contribution in [0.2, 0.25) is 0 Å². The van der Waals surface area contributed by atoms with Gasteiger partial charge in [0.25, 0.3) is 0 Å². The van der Waals surface area contributed by atoms with Crippen molar-refractivity contribution in [2.75, 3.05) is 0 Å². The Labute approximate surface area is 123 Å². The Morgan fingerprint density at radius 1 is 1.35 bits per heavy atom. The van der Waals surface area contributed by atoms with Crippen molar-refractivity contribution in [2.45, 2.75) is 45.4 Å². The van der Waals surface area contributed by atoms with Crippen LogP contribution in [-0.4, -0.2) is 19.1 Å². The van der Waals surface area contributed by atoms with Crippen LogP contribution in [0.5, 0.6) is 0 Å². The van der Waals surface area contributed by atoms with Crippen molar-refractivity contribution in [2.24, 2.45) is 7.05 Å². The summed E-state index contributed by atoms with van der Waals surface area (Å²) in [7, 11) is 1.95. The first-order valence-electron chi connectivity index (χ1n) is 6.81. The fourth-order valence-electron chi connectivity index (χ4n) is 2.13. The molecule has 0 saturated carbocycles. The Morgan fingerprint density at radius 3 is 2.60 bits per heavy atom. The van der Waals surface area contributed by atoms with Crippen LogP contribution in [-0.2, 0) is 18.4 Å². The highest BCUT2D eigenvalue weighted by Gasteiger charge is 2.28. The molecule has 4 nitrogen and oxygen atoms in total. The highest BCUT2D eigenvalue weighted by atomic mass is 32.2. The summed E-state index contributed by atoms with van der Waals surface area (Å²) in [4.78, 5) is 0. The molecule has 1 aromatic heterocycles. The van der Waals surface area contributed by atoms with E-state index in [0.29, 0.717) is 0 Å². The second-order valence-electron chi connectivity index (χ2n) is 6.21. The molecule has 0 aliphatic carbocycles. The molecule has 1 heterocycles. The number of nitrogens with one attached hydrogen (secondary N) is 1. The number of aryl methyl sites for hydroxylation is 2. The largest absolute Gasteiger partial charge is 0.598 e. The van der Waals surface area contributed by atoms with E-state index < -0.39 is 11.4 Å². The van der Waals surface area contributed by atoms with Crippen LogP contribution >= 0.6 is 0 Å². The third-order valence-electron chi connectivity index (χ3n) is 3.40. The van der Waals surface area contributed by atoms with Crippen LogP contribution in [0.1, 0.15) is 45.0 Å². The number of fused-ring (bicyclic) bond motifs is 1. The summed E-state index contributed by atoms with van der Waals surface area (Å²) in [5.74, 6) is 0. The van der Waals surface area contributed by atoms with Gasteiger partial charge in [0.1, 0.15) is 4.75 Å². The summed E-state index contributed by atoms with van der Waals surface area (Å²) >= 11 is -1.07. The van der Waals surface area contributed by atoms with E-state index in [1.165, 1.54) is 0 Å². The second-order valence-corrected chi connectivity index (χ2v) is 8.20. The Morgan fingerprint density at radius 2 is 2.00 bits per heavy atom. The number of aromatic nitrogens is 2. The molecule has 0 bridgehead atoms. The molecule has 1 aromatic carbocycles. The lowest BCUT2D eigenvalue weighted by Crippen LogP contribution is -2.40. The standard InChI is InChI=1S/C15H23N3OS/c1-10(17-20(19)15(3,4)5)12-7-8-14-13(9-12)11(2)16-18(14)6/h7-10,17H,1-6H3/t10-,20-/m1/s1. The second kappa shape index (κ2) is 5.39. The van der Waals surface area contributed by atoms with E-state index in [-0.39, 0.29) is 10.8 Å². The minimum atomic E-state index is -1.07. The van der Waals surface area contributed by atoms with Crippen molar-refractivity contribution in [3.05, 3.63) is 29.5 Å². The predicted molar refractivity (Wildman–Crippen MR) is 84.9 cm³/mol. The first-order valence-corrected chi connectivity index (χ1v) is 7.96. The quantitative estimate of drug-likeness (QED) is 0.885. The van der Waals surface area contributed by atoms with Gasteiger partial charge in [-0.05, 0) is 52.3 Å². The van der Waals surface area contributed by atoms with Gasteiger partial charge in [0.05, 0.1) is 17.3 Å². The fraction of sp³-hybridized carbons (Fsp3) is 0.533. The molecule has 2 rings (SSSR count). The van der Waals surface area contributed by atoms with Crippen molar-refractivity contribution < 1.29 is 4.55 Å². The average Bonchev–Trinajstić information content (AvgIpc) is 2.63. The van der Waals surface area contributed by atoms with Crippen molar-refractivity contribution in [1.29, 1.82) is 0 Å². The maximum absolute atomic E-state index is 12.2. The molecule has 2 atom stereocenters. The smallest absolute Gasteiger partial charge is 0.136 e. The summed E-state index contributed by atoms with van der Waals surface area (Å²) in [6.45, 7) is 9.96. The topological polar surface area (TPSA) is 52.9 Å². The summed E-state index contributed by atoms with van der Waals surface area (Å²) in [6.07, 6.45) is 0. The Balaban J connectivity index is 2.27. The molecule has 110 valence electrons. The summed E-state index contributed by atoms with van der Waals surface area (Å²) in [5.41, 5.74) is 3.27. The normalized spacial score (nSPS) is 15.6. The Hall–Kier alpha value is -1.04. The summed E-state index contributed by atoms with van der Waals surface area (Å²) < 4.78 is 17.0. The number of benzene rings is 1. The van der Waals surface area contributed by atoms with Crippen molar-refractivity contribution in [3.63, 3.8) is 0 Å². The van der Waals surface area contributed by atoms with E-state index in [1.54, 1.807) is 0 Å². The van der Waals surface area contributed by atoms with Crippen molar-refractivity contribution in [3.8, 4) is 0 Å². The Kier molecular flexibility index (Phi) is 4.14. The highest BCUT2D eigenvalue weighted by molar-refractivity contribution is 7.90. The number of rotatable bonds is 3. The number of hydrogen-bond acceptors (Lipinski definition) is 3. The van der Waals surface area contributed by atoms with Gasteiger partial charge < -0.3 is 4.55 Å². The third-order valence-corrected chi connectivity index (χ3v) is 5.08. The molecule has 20 heavy (non-hydrogen) atoms. The van der Waals surface area contributed by atoms with Gasteiger partial charge in [0.15, 0.2) is 0 Å². The van der Waals surface area contributed by atoms with E-state index in [4.69, 9.17) is 0 Å². The summed E-state index contributed by atoms with van der Waals surface area (Å²) in [6, 6.07) is 6.32. The third kappa shape index (κ3) is 3.00. The lowest BCUT2D eigenvalue weighted by Gasteiger charge is -2.26. The van der Waals surface area contributed by atoms with Crippen molar-refractivity contribution >= 4 is 22.3 Å². The van der Waals surface area contributed by atoms with E-state index in [9.17, 15) is 4.55 Å². The molecular formula is C15H23N3OS. The van der Waals surface area contributed by atoms with Crippen LogP contribution in [0.15, 0.2) is 18.2 Å². The first-order chi connectivity index (χ1) is 9.20. The molecule has 0 amide bonds. The maximum atomic E-state index is 12.2. The lowest BCUT2D eigenvalue weighted by atomic mass is 10.1. The Bertz CT molecular complexity index is 615. The van der Waals surface area contributed by atoms with Gasteiger partial charge in [-0.1, -0.05) is 6.07 Å². The molecule has 2 aromatic rings. The molecule has 0 unspecified atom stereocenters. The van der Waals surface area contributed by atoms with Gasteiger partial charge in [-0.15, -0.1) is 4.72 Å². The van der Waals surface area contributed by atoms with Crippen molar-refractivity contribution in [1.82, 2.24) is 14.5 Å².